The Hall–Kier alpha value is -1.45. The van der Waals surface area contributed by atoms with E-state index < -0.39 is 0 Å². The molecule has 1 heterocycles. The van der Waals surface area contributed by atoms with Gasteiger partial charge in [0, 0.05) is 30.7 Å². The van der Waals surface area contributed by atoms with Gasteiger partial charge in [-0.05, 0) is 55.4 Å². The second-order valence-corrected chi connectivity index (χ2v) is 6.09. The standard InChI is InChI=1S/C18H23NO2/c1-21-12-13-2-5-15(6-3-13)17-9-7-16-10-14(11-20)4-8-18(16)19-17/h4,7-10,13,15,20H,2-3,5-6,11-12H2,1H3. The maximum atomic E-state index is 9.19. The molecule has 0 bridgehead atoms. The summed E-state index contributed by atoms with van der Waals surface area (Å²) in [5, 5.41) is 10.3. The Labute approximate surface area is 126 Å². The molecular weight excluding hydrogens is 262 g/mol. The van der Waals surface area contributed by atoms with Crippen LogP contribution >= 0.6 is 0 Å². The lowest BCUT2D eigenvalue weighted by Crippen LogP contribution is -2.17. The normalized spacial score (nSPS) is 22.6. The van der Waals surface area contributed by atoms with E-state index in [0.29, 0.717) is 5.92 Å². The number of methoxy groups -OCH3 is 1. The Morgan fingerprint density at radius 2 is 1.95 bits per heavy atom. The van der Waals surface area contributed by atoms with E-state index >= 15 is 0 Å². The van der Waals surface area contributed by atoms with Crippen molar-refractivity contribution < 1.29 is 9.84 Å². The fraction of sp³-hybridized carbons (Fsp3) is 0.500. The number of pyridine rings is 1. The monoisotopic (exact) mass is 285 g/mol. The van der Waals surface area contributed by atoms with Gasteiger partial charge in [0.2, 0.25) is 0 Å². The molecule has 0 spiro atoms. The van der Waals surface area contributed by atoms with Crippen LogP contribution in [-0.2, 0) is 11.3 Å². The van der Waals surface area contributed by atoms with Crippen LogP contribution in [-0.4, -0.2) is 23.8 Å². The van der Waals surface area contributed by atoms with Gasteiger partial charge in [0.25, 0.3) is 0 Å². The molecule has 1 aliphatic rings. The fourth-order valence-corrected chi connectivity index (χ4v) is 3.38. The number of rotatable bonds is 4. The third-order valence-corrected chi connectivity index (χ3v) is 4.63. The summed E-state index contributed by atoms with van der Waals surface area (Å²) in [5.74, 6) is 1.30. The molecule has 3 heteroatoms. The minimum atomic E-state index is 0.0845. The first-order chi connectivity index (χ1) is 10.3. The molecule has 1 N–H and O–H groups in total. The number of ether oxygens (including phenoxy) is 1. The molecule has 1 aromatic heterocycles. The molecule has 21 heavy (non-hydrogen) atoms. The zero-order valence-electron chi connectivity index (χ0n) is 12.6. The van der Waals surface area contributed by atoms with Crippen LogP contribution in [0, 0.1) is 5.92 Å². The van der Waals surface area contributed by atoms with Crippen molar-refractivity contribution in [1.82, 2.24) is 4.98 Å². The van der Waals surface area contributed by atoms with Crippen molar-refractivity contribution in [2.75, 3.05) is 13.7 Å². The third kappa shape index (κ3) is 3.25. The predicted molar refractivity (Wildman–Crippen MR) is 84.2 cm³/mol. The van der Waals surface area contributed by atoms with Crippen molar-refractivity contribution in [3.63, 3.8) is 0 Å². The van der Waals surface area contributed by atoms with Crippen LogP contribution in [0.25, 0.3) is 10.9 Å². The second kappa shape index (κ2) is 6.54. The zero-order valence-corrected chi connectivity index (χ0v) is 12.6. The van der Waals surface area contributed by atoms with Crippen LogP contribution in [0.15, 0.2) is 30.3 Å². The van der Waals surface area contributed by atoms with Gasteiger partial charge in [-0.1, -0.05) is 12.1 Å². The minimum Gasteiger partial charge on any atom is -0.392 e. The highest BCUT2D eigenvalue weighted by Crippen LogP contribution is 2.35. The molecule has 3 rings (SSSR count). The van der Waals surface area contributed by atoms with Gasteiger partial charge in [0.1, 0.15) is 0 Å². The van der Waals surface area contributed by atoms with Gasteiger partial charge in [-0.25, -0.2) is 0 Å². The molecule has 0 radical (unpaired) electrons. The van der Waals surface area contributed by atoms with Crippen molar-refractivity contribution in [2.45, 2.75) is 38.2 Å². The Balaban J connectivity index is 1.76. The van der Waals surface area contributed by atoms with E-state index in [0.717, 1.165) is 29.0 Å². The molecule has 1 aromatic carbocycles. The van der Waals surface area contributed by atoms with E-state index in [1.54, 1.807) is 7.11 Å². The van der Waals surface area contributed by atoms with E-state index in [2.05, 4.69) is 12.1 Å². The molecule has 0 saturated heterocycles. The quantitative estimate of drug-likeness (QED) is 0.932. The van der Waals surface area contributed by atoms with Gasteiger partial charge in [-0.3, -0.25) is 4.98 Å². The predicted octanol–water partition coefficient (Wildman–Crippen LogP) is 3.65. The van der Waals surface area contributed by atoms with Crippen LogP contribution in [0.5, 0.6) is 0 Å². The Morgan fingerprint density at radius 1 is 1.14 bits per heavy atom. The molecule has 2 aromatic rings. The fourth-order valence-electron chi connectivity index (χ4n) is 3.38. The third-order valence-electron chi connectivity index (χ3n) is 4.63. The second-order valence-electron chi connectivity index (χ2n) is 6.09. The molecule has 1 fully saturated rings. The Bertz CT molecular complexity index is 603. The van der Waals surface area contributed by atoms with Crippen molar-refractivity contribution >= 4 is 10.9 Å². The smallest absolute Gasteiger partial charge is 0.0705 e. The summed E-state index contributed by atoms with van der Waals surface area (Å²) in [7, 11) is 1.79. The number of aliphatic hydroxyl groups excluding tert-OH is 1. The first-order valence-corrected chi connectivity index (χ1v) is 7.79. The average molecular weight is 285 g/mol. The molecule has 0 aliphatic heterocycles. The van der Waals surface area contributed by atoms with Crippen molar-refractivity contribution in [1.29, 1.82) is 0 Å². The highest BCUT2D eigenvalue weighted by atomic mass is 16.5. The largest absolute Gasteiger partial charge is 0.392 e. The number of hydrogen-bond acceptors (Lipinski definition) is 3. The van der Waals surface area contributed by atoms with Crippen LogP contribution in [0.3, 0.4) is 0 Å². The van der Waals surface area contributed by atoms with Crippen LogP contribution in [0.2, 0.25) is 0 Å². The molecule has 0 unspecified atom stereocenters. The number of benzene rings is 1. The molecule has 3 nitrogen and oxygen atoms in total. The Morgan fingerprint density at radius 3 is 2.67 bits per heavy atom. The molecule has 1 aliphatic carbocycles. The summed E-state index contributed by atoms with van der Waals surface area (Å²) in [6.45, 7) is 0.975. The lowest BCUT2D eigenvalue weighted by Gasteiger charge is -2.27. The van der Waals surface area contributed by atoms with E-state index in [1.807, 2.05) is 18.2 Å². The zero-order chi connectivity index (χ0) is 14.7. The summed E-state index contributed by atoms with van der Waals surface area (Å²) in [5.41, 5.74) is 3.19. The maximum absolute atomic E-state index is 9.19. The number of hydrogen-bond donors (Lipinski definition) is 1. The van der Waals surface area contributed by atoms with Gasteiger partial charge in [0.15, 0.2) is 0 Å². The van der Waals surface area contributed by atoms with Crippen molar-refractivity contribution in [3.05, 3.63) is 41.6 Å². The number of fused-ring (bicyclic) bond motifs is 1. The first-order valence-electron chi connectivity index (χ1n) is 7.79. The SMILES string of the molecule is COCC1CCC(c2ccc3cc(CO)ccc3n2)CC1. The average Bonchev–Trinajstić information content (AvgIpc) is 2.55. The first kappa shape index (κ1) is 14.5. The number of aliphatic hydroxyl groups is 1. The molecule has 0 amide bonds. The van der Waals surface area contributed by atoms with E-state index in [1.165, 1.54) is 31.4 Å². The highest BCUT2D eigenvalue weighted by Gasteiger charge is 2.23. The lowest BCUT2D eigenvalue weighted by atomic mass is 9.80. The van der Waals surface area contributed by atoms with Gasteiger partial charge >= 0.3 is 0 Å². The van der Waals surface area contributed by atoms with E-state index in [-0.39, 0.29) is 6.61 Å². The number of nitrogens with zero attached hydrogens (tertiary/aromatic N) is 1. The number of aromatic nitrogens is 1. The van der Waals surface area contributed by atoms with Crippen LogP contribution in [0.1, 0.15) is 42.9 Å². The summed E-state index contributed by atoms with van der Waals surface area (Å²) >= 11 is 0. The summed E-state index contributed by atoms with van der Waals surface area (Å²) < 4.78 is 5.27. The summed E-state index contributed by atoms with van der Waals surface area (Å²) in [6, 6.07) is 10.3. The topological polar surface area (TPSA) is 42.4 Å². The Kier molecular flexibility index (Phi) is 4.51. The summed E-state index contributed by atoms with van der Waals surface area (Å²) in [4.78, 5) is 4.83. The molecule has 0 atom stereocenters. The summed E-state index contributed by atoms with van der Waals surface area (Å²) in [6.07, 6.45) is 4.89. The molecule has 1 saturated carbocycles. The van der Waals surface area contributed by atoms with Crippen LogP contribution < -0.4 is 0 Å². The molecule has 112 valence electrons. The maximum Gasteiger partial charge on any atom is 0.0705 e. The van der Waals surface area contributed by atoms with E-state index in [4.69, 9.17) is 9.72 Å². The van der Waals surface area contributed by atoms with Crippen molar-refractivity contribution in [2.24, 2.45) is 5.92 Å². The van der Waals surface area contributed by atoms with Gasteiger partial charge in [0.05, 0.1) is 12.1 Å². The van der Waals surface area contributed by atoms with Gasteiger partial charge in [-0.15, -0.1) is 0 Å². The molecular formula is C18H23NO2. The van der Waals surface area contributed by atoms with Crippen LogP contribution in [0.4, 0.5) is 0 Å². The van der Waals surface area contributed by atoms with Gasteiger partial charge < -0.3 is 9.84 Å². The minimum absolute atomic E-state index is 0.0845. The van der Waals surface area contributed by atoms with Gasteiger partial charge in [-0.2, -0.15) is 0 Å². The van der Waals surface area contributed by atoms with E-state index in [9.17, 15) is 5.11 Å². The highest BCUT2D eigenvalue weighted by molar-refractivity contribution is 5.79. The van der Waals surface area contributed by atoms with Crippen molar-refractivity contribution in [3.8, 4) is 0 Å². The lowest BCUT2D eigenvalue weighted by molar-refractivity contribution is 0.127.